The van der Waals surface area contributed by atoms with Crippen molar-refractivity contribution in [3.05, 3.63) is 11.8 Å². The summed E-state index contributed by atoms with van der Waals surface area (Å²) in [4.78, 5) is 10.5. The molecule has 1 aliphatic rings. The molecule has 0 aromatic carbocycles. The van der Waals surface area contributed by atoms with E-state index in [1.807, 2.05) is 0 Å². The van der Waals surface area contributed by atoms with Crippen molar-refractivity contribution in [2.24, 2.45) is 0 Å². The van der Waals surface area contributed by atoms with Crippen LogP contribution in [-0.4, -0.2) is 56.1 Å². The van der Waals surface area contributed by atoms with Gasteiger partial charge in [-0.15, -0.1) is 0 Å². The van der Waals surface area contributed by atoms with Crippen molar-refractivity contribution in [3.63, 3.8) is 0 Å². The number of aliphatic hydroxyl groups excluding tert-OH is 4. The Bertz CT molecular complexity index is 261. The molecule has 0 aliphatic carbocycles. The fraction of sp³-hybridized carbons (Fsp3) is 0.571. The number of carbonyl (C=O) groups is 1. The summed E-state index contributed by atoms with van der Waals surface area (Å²) in [5, 5.41) is 44.8. The molecule has 5 N–H and O–H groups in total. The van der Waals surface area contributed by atoms with Gasteiger partial charge in [0.15, 0.2) is 18.5 Å². The molecule has 3 unspecified atom stereocenters. The first-order valence-corrected chi connectivity index (χ1v) is 3.76. The van der Waals surface area contributed by atoms with E-state index in [4.69, 9.17) is 25.5 Å². The van der Waals surface area contributed by atoms with Crippen molar-refractivity contribution in [2.45, 2.75) is 24.6 Å². The average molecular weight is 206 g/mol. The van der Waals surface area contributed by atoms with E-state index in [2.05, 4.69) is 4.74 Å². The Morgan fingerprint density at radius 3 is 2.43 bits per heavy atom. The number of hydrogen-bond donors (Lipinski definition) is 5. The van der Waals surface area contributed by atoms with Gasteiger partial charge in [-0.25, -0.2) is 4.79 Å². The Morgan fingerprint density at radius 1 is 1.36 bits per heavy atom. The fourth-order valence-electron chi connectivity index (χ4n) is 1.02. The molecule has 1 rings (SSSR count). The zero-order valence-corrected chi connectivity index (χ0v) is 6.94. The van der Waals surface area contributed by atoms with E-state index in [1.165, 1.54) is 0 Å². The van der Waals surface area contributed by atoms with Crippen LogP contribution < -0.4 is 0 Å². The molecule has 0 aromatic rings. The SMILES string of the molecule is O=C(O)C1OC(O)[C@@H](O)C(O)=CC1O. The maximum atomic E-state index is 10.5. The van der Waals surface area contributed by atoms with Gasteiger partial charge in [0.2, 0.25) is 0 Å². The molecule has 0 aromatic heterocycles. The van der Waals surface area contributed by atoms with Gasteiger partial charge in [0.25, 0.3) is 0 Å². The molecule has 1 aliphatic heterocycles. The van der Waals surface area contributed by atoms with E-state index in [0.29, 0.717) is 6.08 Å². The first-order chi connectivity index (χ1) is 6.43. The molecule has 0 fully saturated rings. The molecule has 7 nitrogen and oxygen atoms in total. The Kier molecular flexibility index (Phi) is 3.06. The summed E-state index contributed by atoms with van der Waals surface area (Å²) in [6, 6.07) is 0. The summed E-state index contributed by atoms with van der Waals surface area (Å²) in [6.45, 7) is 0. The highest BCUT2D eigenvalue weighted by atomic mass is 16.6. The van der Waals surface area contributed by atoms with Crippen molar-refractivity contribution >= 4 is 5.97 Å². The van der Waals surface area contributed by atoms with Crippen molar-refractivity contribution in [3.8, 4) is 0 Å². The Balaban J connectivity index is 2.91. The van der Waals surface area contributed by atoms with Crippen LogP contribution in [0.5, 0.6) is 0 Å². The number of aliphatic hydroxyl groups is 4. The molecule has 4 atom stereocenters. The smallest absolute Gasteiger partial charge is 0.336 e. The minimum atomic E-state index is -1.88. The van der Waals surface area contributed by atoms with Crippen LogP contribution in [0.3, 0.4) is 0 Å². The molecule has 0 saturated carbocycles. The quantitative estimate of drug-likeness (QED) is 0.334. The molecule has 7 heteroatoms. The van der Waals surface area contributed by atoms with E-state index in [9.17, 15) is 4.79 Å². The highest BCUT2D eigenvalue weighted by Gasteiger charge is 2.36. The standard InChI is InChI=1S/C7H10O7/c8-2-1-3(9)5(6(11)12)14-7(13)4(2)10/h1,3-5,7-10,13H,(H,11,12)/t3?,4-,5?,7?/m0/s1. The Morgan fingerprint density at radius 2 is 1.93 bits per heavy atom. The van der Waals surface area contributed by atoms with E-state index < -0.39 is 36.3 Å². The van der Waals surface area contributed by atoms with Crippen LogP contribution in [0.4, 0.5) is 0 Å². The molecule has 14 heavy (non-hydrogen) atoms. The summed E-state index contributed by atoms with van der Waals surface area (Å²) in [5.74, 6) is -2.23. The Hall–Kier alpha value is -1.15. The monoisotopic (exact) mass is 206 g/mol. The highest BCUT2D eigenvalue weighted by Crippen LogP contribution is 2.17. The largest absolute Gasteiger partial charge is 0.510 e. The molecule has 1 heterocycles. The number of rotatable bonds is 1. The molecule has 0 amide bonds. The molecule has 0 bridgehead atoms. The average Bonchev–Trinajstić information content (AvgIpc) is 2.18. The number of ether oxygens (including phenoxy) is 1. The molecule has 80 valence electrons. The zero-order chi connectivity index (χ0) is 10.9. The predicted molar refractivity (Wildman–Crippen MR) is 41.2 cm³/mol. The van der Waals surface area contributed by atoms with Crippen LogP contribution in [0.15, 0.2) is 11.8 Å². The van der Waals surface area contributed by atoms with Gasteiger partial charge in [-0.1, -0.05) is 0 Å². The van der Waals surface area contributed by atoms with Gasteiger partial charge in [0.1, 0.15) is 11.9 Å². The third kappa shape index (κ3) is 2.02. The fourth-order valence-corrected chi connectivity index (χ4v) is 1.02. The van der Waals surface area contributed by atoms with E-state index in [1.54, 1.807) is 0 Å². The number of carboxylic acid groups (broad SMARTS) is 1. The molecule has 0 saturated heterocycles. The number of hydrogen-bond acceptors (Lipinski definition) is 6. The molecular weight excluding hydrogens is 196 g/mol. The lowest BCUT2D eigenvalue weighted by molar-refractivity contribution is -0.204. The number of aliphatic carboxylic acids is 1. The van der Waals surface area contributed by atoms with E-state index in [0.717, 1.165) is 0 Å². The van der Waals surface area contributed by atoms with E-state index >= 15 is 0 Å². The minimum Gasteiger partial charge on any atom is -0.510 e. The first kappa shape index (κ1) is 10.9. The summed E-state index contributed by atoms with van der Waals surface area (Å²) in [5.41, 5.74) is 0. The van der Waals surface area contributed by atoms with Crippen LogP contribution >= 0.6 is 0 Å². The van der Waals surface area contributed by atoms with Crippen LogP contribution in [0.25, 0.3) is 0 Å². The lowest BCUT2D eigenvalue weighted by Crippen LogP contribution is -2.39. The summed E-state index contributed by atoms with van der Waals surface area (Å²) < 4.78 is 4.41. The maximum absolute atomic E-state index is 10.5. The lowest BCUT2D eigenvalue weighted by Gasteiger charge is -2.19. The van der Waals surface area contributed by atoms with Gasteiger partial charge in [-0.3, -0.25) is 0 Å². The maximum Gasteiger partial charge on any atom is 0.336 e. The summed E-state index contributed by atoms with van der Waals surface area (Å²) >= 11 is 0. The minimum absolute atomic E-state index is 0.708. The Labute approximate surface area is 78.5 Å². The first-order valence-electron chi connectivity index (χ1n) is 3.76. The molecular formula is C7H10O7. The molecule has 0 spiro atoms. The third-order valence-electron chi connectivity index (χ3n) is 1.75. The van der Waals surface area contributed by atoms with Crippen molar-refractivity contribution in [1.29, 1.82) is 0 Å². The van der Waals surface area contributed by atoms with Gasteiger partial charge >= 0.3 is 5.97 Å². The lowest BCUT2D eigenvalue weighted by atomic mass is 10.2. The normalized spacial score (nSPS) is 38.6. The van der Waals surface area contributed by atoms with Crippen molar-refractivity contribution in [2.75, 3.05) is 0 Å². The third-order valence-corrected chi connectivity index (χ3v) is 1.75. The van der Waals surface area contributed by atoms with Gasteiger partial charge in [0, 0.05) is 0 Å². The summed E-state index contributed by atoms with van der Waals surface area (Å²) in [6.07, 6.45) is -6.28. The summed E-state index contributed by atoms with van der Waals surface area (Å²) in [7, 11) is 0. The molecule has 0 radical (unpaired) electrons. The van der Waals surface area contributed by atoms with Crippen molar-refractivity contribution < 1.29 is 35.1 Å². The zero-order valence-electron chi connectivity index (χ0n) is 6.94. The van der Waals surface area contributed by atoms with Gasteiger partial charge < -0.3 is 30.3 Å². The second-order valence-corrected chi connectivity index (χ2v) is 2.81. The van der Waals surface area contributed by atoms with Gasteiger partial charge in [0.05, 0.1) is 0 Å². The van der Waals surface area contributed by atoms with E-state index in [-0.39, 0.29) is 0 Å². The van der Waals surface area contributed by atoms with Gasteiger partial charge in [-0.05, 0) is 6.08 Å². The highest BCUT2D eigenvalue weighted by molar-refractivity contribution is 5.73. The van der Waals surface area contributed by atoms with Crippen LogP contribution in [-0.2, 0) is 9.53 Å². The number of carboxylic acids is 1. The van der Waals surface area contributed by atoms with Gasteiger partial charge in [-0.2, -0.15) is 0 Å². The predicted octanol–water partition coefficient (Wildman–Crippen LogP) is -2.05. The topological polar surface area (TPSA) is 127 Å². The second kappa shape index (κ2) is 3.93. The van der Waals surface area contributed by atoms with Crippen LogP contribution in [0.2, 0.25) is 0 Å². The second-order valence-electron chi connectivity index (χ2n) is 2.81. The van der Waals surface area contributed by atoms with Crippen molar-refractivity contribution in [1.82, 2.24) is 0 Å². The van der Waals surface area contributed by atoms with Crippen LogP contribution in [0.1, 0.15) is 0 Å². The van der Waals surface area contributed by atoms with Crippen LogP contribution in [0, 0.1) is 0 Å².